The number of aliphatic hydroxyl groups is 1. The highest BCUT2D eigenvalue weighted by Crippen LogP contribution is 2.28. The van der Waals surface area contributed by atoms with Gasteiger partial charge in [0.1, 0.15) is 0 Å². The van der Waals surface area contributed by atoms with E-state index in [-0.39, 0.29) is 0 Å². The highest BCUT2D eigenvalue weighted by atomic mass is 79.9. The maximum Gasteiger partial charge on any atom is 0.0431 e. The number of nitrogens with one attached hydrogen (secondary N) is 1. The van der Waals surface area contributed by atoms with E-state index in [9.17, 15) is 0 Å². The Morgan fingerprint density at radius 1 is 1.38 bits per heavy atom. The fourth-order valence-corrected chi connectivity index (χ4v) is 3.37. The van der Waals surface area contributed by atoms with Crippen LogP contribution in [0.3, 0.4) is 0 Å². The van der Waals surface area contributed by atoms with E-state index in [1.54, 1.807) is 11.3 Å². The molecule has 1 aromatic rings. The van der Waals surface area contributed by atoms with Crippen molar-refractivity contribution in [1.29, 1.82) is 0 Å². The monoisotopic (exact) mass is 305 g/mol. The summed E-state index contributed by atoms with van der Waals surface area (Å²) < 4.78 is 1.21. The fourth-order valence-electron chi connectivity index (χ4n) is 1.62. The third kappa shape index (κ3) is 4.95. The Morgan fingerprint density at radius 2 is 2.12 bits per heavy atom. The van der Waals surface area contributed by atoms with E-state index < -0.39 is 0 Å². The van der Waals surface area contributed by atoms with E-state index in [4.69, 9.17) is 5.11 Å². The average molecular weight is 306 g/mol. The minimum atomic E-state index is 0.325. The molecule has 1 rings (SSSR count). The van der Waals surface area contributed by atoms with Gasteiger partial charge >= 0.3 is 0 Å². The van der Waals surface area contributed by atoms with Crippen molar-refractivity contribution in [2.45, 2.75) is 38.6 Å². The molecule has 0 spiro atoms. The van der Waals surface area contributed by atoms with Crippen LogP contribution in [-0.4, -0.2) is 18.3 Å². The second-order valence-electron chi connectivity index (χ2n) is 3.95. The lowest BCUT2D eigenvalue weighted by Crippen LogP contribution is -2.19. The second-order valence-corrected chi connectivity index (χ2v) is 5.75. The molecule has 0 bridgehead atoms. The molecular weight excluding hydrogens is 286 g/mol. The number of aliphatic hydroxyl groups excluding tert-OH is 1. The van der Waals surface area contributed by atoms with Crippen LogP contribution in [0.25, 0.3) is 0 Å². The zero-order valence-electron chi connectivity index (χ0n) is 9.71. The van der Waals surface area contributed by atoms with Gasteiger partial charge in [-0.15, -0.1) is 11.3 Å². The first kappa shape index (κ1) is 14.2. The molecule has 0 saturated carbocycles. The Kier molecular flexibility index (Phi) is 7.28. The van der Waals surface area contributed by atoms with E-state index >= 15 is 0 Å². The minimum absolute atomic E-state index is 0.325. The first-order valence-electron chi connectivity index (χ1n) is 5.83. The Morgan fingerprint density at radius 3 is 2.75 bits per heavy atom. The predicted molar refractivity (Wildman–Crippen MR) is 74.0 cm³/mol. The van der Waals surface area contributed by atoms with Crippen molar-refractivity contribution in [2.75, 3.05) is 13.2 Å². The Balaban J connectivity index is 2.11. The van der Waals surface area contributed by atoms with Crippen molar-refractivity contribution in [3.63, 3.8) is 0 Å². The SMILES string of the molecule is CC(NCCCCCCO)c1sccc1Br. The Labute approximate surface area is 110 Å². The summed E-state index contributed by atoms with van der Waals surface area (Å²) in [5.74, 6) is 0. The molecule has 0 radical (unpaired) electrons. The highest BCUT2D eigenvalue weighted by Gasteiger charge is 2.09. The molecule has 1 heterocycles. The molecule has 1 atom stereocenters. The molecule has 0 aromatic carbocycles. The van der Waals surface area contributed by atoms with Gasteiger partial charge in [-0.25, -0.2) is 0 Å². The van der Waals surface area contributed by atoms with Gasteiger partial charge in [-0.2, -0.15) is 0 Å². The molecule has 92 valence electrons. The van der Waals surface area contributed by atoms with Gasteiger partial charge in [0.25, 0.3) is 0 Å². The summed E-state index contributed by atoms with van der Waals surface area (Å²) in [6, 6.07) is 2.52. The number of rotatable bonds is 8. The van der Waals surface area contributed by atoms with E-state index in [0.717, 1.165) is 19.4 Å². The van der Waals surface area contributed by atoms with Gasteiger partial charge in [0.15, 0.2) is 0 Å². The number of unbranched alkanes of at least 4 members (excludes halogenated alkanes) is 3. The van der Waals surface area contributed by atoms with Crippen molar-refractivity contribution in [2.24, 2.45) is 0 Å². The van der Waals surface area contributed by atoms with Crippen molar-refractivity contribution >= 4 is 27.3 Å². The van der Waals surface area contributed by atoms with Crippen molar-refractivity contribution in [3.8, 4) is 0 Å². The van der Waals surface area contributed by atoms with Crippen LogP contribution in [0.1, 0.15) is 43.5 Å². The number of thiophene rings is 1. The first-order chi connectivity index (χ1) is 7.75. The van der Waals surface area contributed by atoms with Gasteiger partial charge in [0.05, 0.1) is 0 Å². The highest BCUT2D eigenvalue weighted by molar-refractivity contribution is 9.10. The quantitative estimate of drug-likeness (QED) is 0.718. The lowest BCUT2D eigenvalue weighted by atomic mass is 10.2. The first-order valence-corrected chi connectivity index (χ1v) is 7.50. The lowest BCUT2D eigenvalue weighted by Gasteiger charge is -2.12. The topological polar surface area (TPSA) is 32.3 Å². The van der Waals surface area contributed by atoms with Crippen LogP contribution in [0, 0.1) is 0 Å². The summed E-state index contributed by atoms with van der Waals surface area (Å²) in [6.45, 7) is 3.58. The summed E-state index contributed by atoms with van der Waals surface area (Å²) in [6.07, 6.45) is 4.46. The number of hydrogen-bond donors (Lipinski definition) is 2. The van der Waals surface area contributed by atoms with Crippen LogP contribution in [0.5, 0.6) is 0 Å². The summed E-state index contributed by atoms with van der Waals surface area (Å²) in [7, 11) is 0. The van der Waals surface area contributed by atoms with Crippen molar-refractivity contribution in [1.82, 2.24) is 5.32 Å². The maximum atomic E-state index is 8.65. The van der Waals surface area contributed by atoms with Crippen molar-refractivity contribution < 1.29 is 5.11 Å². The molecule has 2 N–H and O–H groups in total. The normalized spacial score (nSPS) is 12.9. The molecule has 0 aliphatic carbocycles. The maximum absolute atomic E-state index is 8.65. The molecule has 16 heavy (non-hydrogen) atoms. The van der Waals surface area contributed by atoms with Gasteiger partial charge in [0, 0.05) is 22.0 Å². The molecule has 0 aliphatic heterocycles. The molecule has 4 heteroatoms. The molecular formula is C12H20BrNOS. The van der Waals surface area contributed by atoms with E-state index in [0.29, 0.717) is 12.6 Å². The van der Waals surface area contributed by atoms with Gasteiger partial charge in [-0.05, 0) is 53.7 Å². The van der Waals surface area contributed by atoms with Gasteiger partial charge in [-0.3, -0.25) is 0 Å². The summed E-state index contributed by atoms with van der Waals surface area (Å²) in [5, 5.41) is 14.3. The summed E-state index contributed by atoms with van der Waals surface area (Å²) >= 11 is 5.34. The fraction of sp³-hybridized carbons (Fsp3) is 0.667. The third-order valence-corrected chi connectivity index (χ3v) is 4.63. The smallest absolute Gasteiger partial charge is 0.0431 e. The van der Waals surface area contributed by atoms with Gasteiger partial charge in [-0.1, -0.05) is 12.8 Å². The van der Waals surface area contributed by atoms with Gasteiger partial charge in [0.2, 0.25) is 0 Å². The van der Waals surface area contributed by atoms with Crippen LogP contribution in [0.2, 0.25) is 0 Å². The number of halogens is 1. The Bertz CT molecular complexity index is 290. The average Bonchev–Trinajstić information content (AvgIpc) is 2.69. The molecule has 0 saturated heterocycles. The lowest BCUT2D eigenvalue weighted by molar-refractivity contribution is 0.282. The van der Waals surface area contributed by atoms with E-state index in [1.807, 2.05) is 0 Å². The summed E-state index contributed by atoms with van der Waals surface area (Å²) in [5.41, 5.74) is 0. The third-order valence-electron chi connectivity index (χ3n) is 2.57. The molecule has 1 aromatic heterocycles. The van der Waals surface area contributed by atoms with Crippen LogP contribution >= 0.6 is 27.3 Å². The van der Waals surface area contributed by atoms with E-state index in [1.165, 1.54) is 22.2 Å². The molecule has 0 fully saturated rings. The molecule has 0 aliphatic rings. The van der Waals surface area contributed by atoms with Crippen LogP contribution in [0.4, 0.5) is 0 Å². The minimum Gasteiger partial charge on any atom is -0.396 e. The standard InChI is InChI=1S/C12H20BrNOS/c1-10(12-11(13)6-9-16-12)14-7-4-2-3-5-8-15/h6,9-10,14-15H,2-5,7-8H2,1H3. The van der Waals surface area contributed by atoms with Crippen LogP contribution < -0.4 is 5.32 Å². The second kappa shape index (κ2) is 8.23. The predicted octanol–water partition coefficient (Wildman–Crippen LogP) is 3.71. The van der Waals surface area contributed by atoms with E-state index in [2.05, 4.69) is 39.6 Å². The van der Waals surface area contributed by atoms with Crippen LogP contribution in [0.15, 0.2) is 15.9 Å². The molecule has 0 amide bonds. The zero-order chi connectivity index (χ0) is 11.8. The van der Waals surface area contributed by atoms with Crippen molar-refractivity contribution in [3.05, 3.63) is 20.8 Å². The molecule has 2 nitrogen and oxygen atoms in total. The summed E-state index contributed by atoms with van der Waals surface area (Å²) in [4.78, 5) is 1.37. The number of hydrogen-bond acceptors (Lipinski definition) is 3. The largest absolute Gasteiger partial charge is 0.396 e. The zero-order valence-corrected chi connectivity index (χ0v) is 12.1. The Hall–Kier alpha value is 0.100. The van der Waals surface area contributed by atoms with Gasteiger partial charge < -0.3 is 10.4 Å². The molecule has 1 unspecified atom stereocenters. The van der Waals surface area contributed by atoms with Crippen LogP contribution in [-0.2, 0) is 0 Å².